The van der Waals surface area contributed by atoms with Crippen molar-refractivity contribution < 1.29 is 26.9 Å². The largest absolute Gasteiger partial charge is 0.460 e. The maximum atomic E-state index is 12.2. The van der Waals surface area contributed by atoms with E-state index in [2.05, 4.69) is 0 Å². The fraction of sp³-hybridized carbons (Fsp3) is 0.611. The molecule has 0 aromatic heterocycles. The summed E-state index contributed by atoms with van der Waals surface area (Å²) in [5.74, 6) is -0.578. The Morgan fingerprint density at radius 3 is 2.48 bits per heavy atom. The summed E-state index contributed by atoms with van der Waals surface area (Å²) in [6, 6.07) is 6.45. The third-order valence-corrected chi connectivity index (χ3v) is 5.12. The van der Waals surface area contributed by atoms with Gasteiger partial charge in [-0.1, -0.05) is 17.7 Å². The number of carbonyl (C=O) groups is 1. The number of esters is 1. The Kier molecular flexibility index (Phi) is 6.24. The van der Waals surface area contributed by atoms with Crippen LogP contribution in [0.25, 0.3) is 0 Å². The fourth-order valence-corrected chi connectivity index (χ4v) is 3.47. The lowest BCUT2D eigenvalue weighted by Gasteiger charge is -2.30. The van der Waals surface area contributed by atoms with Crippen molar-refractivity contribution in [2.75, 3.05) is 13.2 Å². The molecule has 2 atom stereocenters. The fourth-order valence-electron chi connectivity index (χ4n) is 2.53. The van der Waals surface area contributed by atoms with Gasteiger partial charge in [-0.3, -0.25) is 8.98 Å². The number of ether oxygens (including phenoxy) is 2. The predicted octanol–water partition coefficient (Wildman–Crippen LogP) is 2.84. The summed E-state index contributed by atoms with van der Waals surface area (Å²) < 4.78 is 40.5. The Labute approximate surface area is 149 Å². The first-order valence-electron chi connectivity index (χ1n) is 8.37. The molecule has 0 radical (unpaired) electrons. The molecule has 1 saturated heterocycles. The van der Waals surface area contributed by atoms with Crippen LogP contribution in [0.3, 0.4) is 0 Å². The molecule has 1 aliphatic heterocycles. The van der Waals surface area contributed by atoms with Gasteiger partial charge in [-0.15, -0.1) is 0 Å². The van der Waals surface area contributed by atoms with Crippen molar-refractivity contribution in [1.29, 1.82) is 0 Å². The lowest BCUT2D eigenvalue weighted by molar-refractivity contribution is -0.165. The molecular weight excluding hydrogens is 344 g/mol. The van der Waals surface area contributed by atoms with Crippen molar-refractivity contribution in [2.24, 2.45) is 5.92 Å². The van der Waals surface area contributed by atoms with Gasteiger partial charge in [0.15, 0.2) is 0 Å². The second-order valence-electron chi connectivity index (χ2n) is 7.30. The monoisotopic (exact) mass is 370 g/mol. The van der Waals surface area contributed by atoms with Crippen LogP contribution in [0.4, 0.5) is 0 Å². The summed E-state index contributed by atoms with van der Waals surface area (Å²) in [7, 11) is -3.84. The topological polar surface area (TPSA) is 78.9 Å². The van der Waals surface area contributed by atoms with Gasteiger partial charge >= 0.3 is 5.97 Å². The van der Waals surface area contributed by atoms with Crippen LogP contribution in [-0.4, -0.2) is 39.3 Å². The van der Waals surface area contributed by atoms with Crippen LogP contribution in [0.1, 0.15) is 39.2 Å². The van der Waals surface area contributed by atoms with Crippen molar-refractivity contribution in [3.63, 3.8) is 0 Å². The molecule has 6 nitrogen and oxygen atoms in total. The van der Waals surface area contributed by atoms with Gasteiger partial charge in [-0.25, -0.2) is 0 Å². The Morgan fingerprint density at radius 2 is 1.88 bits per heavy atom. The Hall–Kier alpha value is -1.44. The summed E-state index contributed by atoms with van der Waals surface area (Å²) in [5.41, 5.74) is 0.422. The number of aryl methyl sites for hydroxylation is 1. The van der Waals surface area contributed by atoms with Gasteiger partial charge in [-0.05, 0) is 52.7 Å². The number of rotatable bonds is 5. The quantitative estimate of drug-likeness (QED) is 0.586. The van der Waals surface area contributed by atoms with E-state index in [-0.39, 0.29) is 23.4 Å². The maximum absolute atomic E-state index is 12.2. The third-order valence-electron chi connectivity index (χ3n) is 3.83. The molecule has 1 fully saturated rings. The minimum Gasteiger partial charge on any atom is -0.460 e. The van der Waals surface area contributed by atoms with E-state index in [0.29, 0.717) is 19.4 Å². The second-order valence-corrected chi connectivity index (χ2v) is 8.91. The predicted molar refractivity (Wildman–Crippen MR) is 92.6 cm³/mol. The van der Waals surface area contributed by atoms with Gasteiger partial charge in [0.25, 0.3) is 10.1 Å². The Morgan fingerprint density at radius 1 is 1.24 bits per heavy atom. The molecule has 25 heavy (non-hydrogen) atoms. The van der Waals surface area contributed by atoms with Crippen LogP contribution >= 0.6 is 0 Å². The van der Waals surface area contributed by atoms with Crippen molar-refractivity contribution >= 4 is 16.1 Å². The molecule has 1 aromatic rings. The molecule has 0 amide bonds. The van der Waals surface area contributed by atoms with Crippen molar-refractivity contribution in [3.05, 3.63) is 29.8 Å². The van der Waals surface area contributed by atoms with E-state index in [1.54, 1.807) is 12.1 Å². The van der Waals surface area contributed by atoms with Gasteiger partial charge in [-0.2, -0.15) is 8.42 Å². The summed E-state index contributed by atoms with van der Waals surface area (Å²) in [6.45, 7) is 7.60. The average Bonchev–Trinajstić information content (AvgIpc) is 2.52. The Balaban J connectivity index is 1.92. The SMILES string of the molecule is Cc1ccc(S(=O)(=O)OC[C@H]2CC(C(=O)OC(C)(C)C)CCO2)cc1. The normalized spacial score (nSPS) is 21.8. The van der Waals surface area contributed by atoms with E-state index in [1.807, 2.05) is 27.7 Å². The number of hydrogen-bond donors (Lipinski definition) is 0. The van der Waals surface area contributed by atoms with Crippen molar-refractivity contribution in [1.82, 2.24) is 0 Å². The number of hydrogen-bond acceptors (Lipinski definition) is 6. The van der Waals surface area contributed by atoms with Gasteiger partial charge in [0.1, 0.15) is 5.60 Å². The minimum atomic E-state index is -3.84. The number of benzene rings is 1. The summed E-state index contributed by atoms with van der Waals surface area (Å²) in [5, 5.41) is 0. The average molecular weight is 370 g/mol. The molecule has 1 heterocycles. The molecule has 2 rings (SSSR count). The van der Waals surface area contributed by atoms with E-state index >= 15 is 0 Å². The smallest absolute Gasteiger partial charge is 0.309 e. The summed E-state index contributed by atoms with van der Waals surface area (Å²) >= 11 is 0. The van der Waals surface area contributed by atoms with Gasteiger partial charge in [0.05, 0.1) is 23.5 Å². The zero-order chi connectivity index (χ0) is 18.7. The highest BCUT2D eigenvalue weighted by atomic mass is 32.2. The van der Waals surface area contributed by atoms with Crippen LogP contribution in [0.15, 0.2) is 29.2 Å². The standard InChI is InChI=1S/C18H26O6S/c1-13-5-7-16(8-6-13)25(20,21)23-12-15-11-14(9-10-22-15)17(19)24-18(2,3)4/h5-8,14-15H,9-12H2,1-4H3/t14?,15-/m1/s1. The third kappa shape index (κ3) is 6.09. The molecule has 7 heteroatoms. The van der Waals surface area contributed by atoms with Crippen molar-refractivity contribution in [3.8, 4) is 0 Å². The first-order valence-corrected chi connectivity index (χ1v) is 9.78. The molecule has 0 aliphatic carbocycles. The van der Waals surface area contributed by atoms with Crippen LogP contribution < -0.4 is 0 Å². The first-order chi connectivity index (χ1) is 11.6. The maximum Gasteiger partial charge on any atom is 0.309 e. The van der Waals surface area contributed by atoms with Crippen LogP contribution in [-0.2, 0) is 28.6 Å². The second kappa shape index (κ2) is 7.85. The van der Waals surface area contributed by atoms with E-state index in [0.717, 1.165) is 5.56 Å². The van der Waals surface area contributed by atoms with Gasteiger partial charge < -0.3 is 9.47 Å². The highest BCUT2D eigenvalue weighted by molar-refractivity contribution is 7.86. The lowest BCUT2D eigenvalue weighted by Crippen LogP contribution is -2.37. The minimum absolute atomic E-state index is 0.109. The van der Waals surface area contributed by atoms with Crippen LogP contribution in [0.2, 0.25) is 0 Å². The lowest BCUT2D eigenvalue weighted by atomic mass is 9.95. The van der Waals surface area contributed by atoms with E-state index in [4.69, 9.17) is 13.7 Å². The molecule has 0 N–H and O–H groups in total. The zero-order valence-corrected chi connectivity index (χ0v) is 16.0. The van der Waals surface area contributed by atoms with E-state index < -0.39 is 21.8 Å². The van der Waals surface area contributed by atoms with Gasteiger partial charge in [0.2, 0.25) is 0 Å². The molecule has 0 bridgehead atoms. The van der Waals surface area contributed by atoms with Gasteiger partial charge in [0, 0.05) is 6.61 Å². The summed E-state index contributed by atoms with van der Waals surface area (Å²) in [4.78, 5) is 12.3. The molecule has 1 unspecified atom stereocenters. The van der Waals surface area contributed by atoms with E-state index in [1.165, 1.54) is 12.1 Å². The molecule has 1 aromatic carbocycles. The highest BCUT2D eigenvalue weighted by Crippen LogP contribution is 2.25. The molecule has 1 aliphatic rings. The first kappa shape index (κ1) is 19.9. The highest BCUT2D eigenvalue weighted by Gasteiger charge is 2.32. The molecular formula is C18H26O6S. The molecule has 0 saturated carbocycles. The van der Waals surface area contributed by atoms with Crippen LogP contribution in [0, 0.1) is 12.8 Å². The van der Waals surface area contributed by atoms with E-state index in [9.17, 15) is 13.2 Å². The summed E-state index contributed by atoms with van der Waals surface area (Å²) in [6.07, 6.45) is 0.501. The molecule has 0 spiro atoms. The number of carbonyl (C=O) groups excluding carboxylic acids is 1. The van der Waals surface area contributed by atoms with Crippen molar-refractivity contribution in [2.45, 2.75) is 57.1 Å². The Bertz CT molecular complexity index is 687. The zero-order valence-electron chi connectivity index (χ0n) is 15.2. The van der Waals surface area contributed by atoms with Crippen LogP contribution in [0.5, 0.6) is 0 Å². The molecule has 140 valence electrons.